The van der Waals surface area contributed by atoms with E-state index >= 15 is 0 Å². The molecule has 1 aliphatic rings. The first-order valence-electron chi connectivity index (χ1n) is 4.61. The van der Waals surface area contributed by atoms with E-state index in [4.69, 9.17) is 0 Å². The van der Waals surface area contributed by atoms with E-state index in [1.165, 1.54) is 0 Å². The Hall–Kier alpha value is -0.890. The van der Waals surface area contributed by atoms with Crippen molar-refractivity contribution in [1.82, 2.24) is 0 Å². The highest BCUT2D eigenvalue weighted by molar-refractivity contribution is 9.10. The van der Waals surface area contributed by atoms with Gasteiger partial charge in [-0.15, -0.1) is 0 Å². The van der Waals surface area contributed by atoms with Crippen molar-refractivity contribution in [2.24, 2.45) is 5.92 Å². The number of benzene rings is 1. The zero-order valence-corrected chi connectivity index (χ0v) is 9.49. The number of carbonyl (C=O) groups excluding carboxylic acids is 1. The molecule has 0 aliphatic heterocycles. The van der Waals surface area contributed by atoms with E-state index in [1.54, 1.807) is 0 Å². The van der Waals surface area contributed by atoms with Gasteiger partial charge < -0.3 is 4.79 Å². The Balaban J connectivity index is 2.65. The molecule has 0 fully saturated rings. The molecule has 0 heterocycles. The van der Waals surface area contributed by atoms with E-state index in [-0.39, 0.29) is 5.92 Å². The van der Waals surface area contributed by atoms with Crippen LogP contribution < -0.4 is 0 Å². The molecule has 0 bridgehead atoms. The van der Waals surface area contributed by atoms with E-state index < -0.39 is 4.32 Å². The fraction of sp³-hybridized carbons (Fsp3) is 0.250. The van der Waals surface area contributed by atoms with Crippen molar-refractivity contribution in [1.29, 1.82) is 0 Å². The van der Waals surface area contributed by atoms with Crippen LogP contribution in [-0.4, -0.2) is 6.29 Å². The molecule has 0 saturated carbocycles. The summed E-state index contributed by atoms with van der Waals surface area (Å²) < 4.78 is -0.543. The predicted octanol–water partition coefficient (Wildman–Crippen LogP) is 3.14. The third-order valence-electron chi connectivity index (χ3n) is 2.77. The molecule has 14 heavy (non-hydrogen) atoms. The number of allylic oxidation sites excluding steroid dienone is 1. The normalized spacial score (nSPS) is 29.7. The van der Waals surface area contributed by atoms with Crippen molar-refractivity contribution >= 4 is 28.3 Å². The summed E-state index contributed by atoms with van der Waals surface area (Å²) in [4.78, 5) is 11.2. The standard InChI is InChI=1S/C12H11BrO/c1-9-6-7-10-4-2-3-5-11(10)12(9,13)8-14/h2-9H,1H3. The highest BCUT2D eigenvalue weighted by atomic mass is 79.9. The average molecular weight is 251 g/mol. The topological polar surface area (TPSA) is 17.1 Å². The lowest BCUT2D eigenvalue weighted by atomic mass is 9.81. The van der Waals surface area contributed by atoms with Crippen LogP contribution in [0.25, 0.3) is 6.08 Å². The SMILES string of the molecule is CC1C=Cc2ccccc2C1(Br)C=O. The highest BCUT2D eigenvalue weighted by Gasteiger charge is 2.37. The van der Waals surface area contributed by atoms with Crippen LogP contribution in [0.4, 0.5) is 0 Å². The second-order valence-electron chi connectivity index (χ2n) is 3.62. The zero-order valence-electron chi connectivity index (χ0n) is 7.91. The molecule has 0 spiro atoms. The maximum absolute atomic E-state index is 11.2. The van der Waals surface area contributed by atoms with Gasteiger partial charge >= 0.3 is 0 Å². The van der Waals surface area contributed by atoms with Gasteiger partial charge in [0.25, 0.3) is 0 Å². The number of hydrogen-bond donors (Lipinski definition) is 0. The molecule has 1 aromatic carbocycles. The quantitative estimate of drug-likeness (QED) is 0.553. The maximum Gasteiger partial charge on any atom is 0.141 e. The zero-order chi connectivity index (χ0) is 10.2. The average Bonchev–Trinajstić information content (AvgIpc) is 2.24. The summed E-state index contributed by atoms with van der Waals surface area (Å²) in [5, 5.41) is 0. The number of halogens is 1. The van der Waals surface area contributed by atoms with E-state index in [2.05, 4.69) is 28.1 Å². The molecule has 72 valence electrons. The number of carbonyl (C=O) groups is 1. The third kappa shape index (κ3) is 1.25. The molecule has 1 nitrogen and oxygen atoms in total. The fourth-order valence-corrected chi connectivity index (χ4v) is 2.31. The summed E-state index contributed by atoms with van der Waals surface area (Å²) in [5.41, 5.74) is 2.18. The van der Waals surface area contributed by atoms with Crippen LogP contribution in [-0.2, 0) is 9.12 Å². The largest absolute Gasteiger partial charge is 0.301 e. The molecule has 0 aromatic heterocycles. The number of aldehydes is 1. The lowest BCUT2D eigenvalue weighted by molar-refractivity contribution is -0.110. The first kappa shape index (κ1) is 9.66. The Labute approximate surface area is 92.0 Å². The highest BCUT2D eigenvalue weighted by Crippen LogP contribution is 2.42. The molecule has 2 heteroatoms. The minimum absolute atomic E-state index is 0.190. The summed E-state index contributed by atoms with van der Waals surface area (Å²) in [6.07, 6.45) is 5.12. The minimum atomic E-state index is -0.543. The first-order valence-corrected chi connectivity index (χ1v) is 5.41. The maximum atomic E-state index is 11.2. The Morgan fingerprint density at radius 1 is 1.43 bits per heavy atom. The predicted molar refractivity (Wildman–Crippen MR) is 61.3 cm³/mol. The summed E-state index contributed by atoms with van der Waals surface area (Å²) in [5.74, 6) is 0.190. The summed E-state index contributed by atoms with van der Waals surface area (Å²) in [6.45, 7) is 2.04. The van der Waals surface area contributed by atoms with E-state index in [0.717, 1.165) is 17.4 Å². The van der Waals surface area contributed by atoms with E-state index in [1.807, 2.05) is 31.2 Å². The van der Waals surface area contributed by atoms with Gasteiger partial charge in [-0.05, 0) is 11.1 Å². The van der Waals surface area contributed by atoms with Crippen molar-refractivity contribution in [3.8, 4) is 0 Å². The second-order valence-corrected chi connectivity index (χ2v) is 4.93. The van der Waals surface area contributed by atoms with Gasteiger partial charge in [-0.2, -0.15) is 0 Å². The van der Waals surface area contributed by atoms with Crippen molar-refractivity contribution in [2.75, 3.05) is 0 Å². The molecule has 0 N–H and O–H groups in total. The molecular weight excluding hydrogens is 240 g/mol. The van der Waals surface area contributed by atoms with Gasteiger partial charge in [0.2, 0.25) is 0 Å². The van der Waals surface area contributed by atoms with Crippen LogP contribution in [0.5, 0.6) is 0 Å². The molecular formula is C12H11BrO. The lowest BCUT2D eigenvalue weighted by Gasteiger charge is -2.31. The van der Waals surface area contributed by atoms with Gasteiger partial charge in [-0.3, -0.25) is 0 Å². The number of fused-ring (bicyclic) bond motifs is 1. The monoisotopic (exact) mass is 250 g/mol. The molecule has 1 aliphatic carbocycles. The summed E-state index contributed by atoms with van der Waals surface area (Å²) in [7, 11) is 0. The summed E-state index contributed by atoms with van der Waals surface area (Å²) in [6, 6.07) is 7.97. The second kappa shape index (κ2) is 3.35. The smallest absolute Gasteiger partial charge is 0.141 e. The van der Waals surface area contributed by atoms with E-state index in [9.17, 15) is 4.79 Å². The fourth-order valence-electron chi connectivity index (χ4n) is 1.80. The van der Waals surface area contributed by atoms with Gasteiger partial charge in [0.05, 0.1) is 0 Å². The Morgan fingerprint density at radius 2 is 2.14 bits per heavy atom. The molecule has 0 amide bonds. The van der Waals surface area contributed by atoms with Crippen LogP contribution in [0.2, 0.25) is 0 Å². The van der Waals surface area contributed by atoms with Crippen LogP contribution in [0.1, 0.15) is 18.1 Å². The summed E-state index contributed by atoms with van der Waals surface area (Å²) >= 11 is 3.54. The van der Waals surface area contributed by atoms with Gasteiger partial charge in [0.1, 0.15) is 10.6 Å². The third-order valence-corrected chi connectivity index (χ3v) is 4.11. The molecule has 2 unspecified atom stereocenters. The van der Waals surface area contributed by atoms with Crippen LogP contribution >= 0.6 is 15.9 Å². The van der Waals surface area contributed by atoms with Crippen LogP contribution in [0.3, 0.4) is 0 Å². The Morgan fingerprint density at radius 3 is 2.86 bits per heavy atom. The first-order chi connectivity index (χ1) is 6.68. The van der Waals surface area contributed by atoms with Crippen LogP contribution in [0, 0.1) is 5.92 Å². The van der Waals surface area contributed by atoms with E-state index in [0.29, 0.717) is 0 Å². The molecule has 0 saturated heterocycles. The van der Waals surface area contributed by atoms with Crippen molar-refractivity contribution in [2.45, 2.75) is 11.2 Å². The molecule has 0 radical (unpaired) electrons. The molecule has 2 atom stereocenters. The van der Waals surface area contributed by atoms with Crippen molar-refractivity contribution in [3.05, 3.63) is 41.5 Å². The minimum Gasteiger partial charge on any atom is -0.301 e. The van der Waals surface area contributed by atoms with Gasteiger partial charge in [0.15, 0.2) is 0 Å². The van der Waals surface area contributed by atoms with Crippen molar-refractivity contribution in [3.63, 3.8) is 0 Å². The lowest BCUT2D eigenvalue weighted by Crippen LogP contribution is -2.30. The molecule has 1 aromatic rings. The Bertz CT molecular complexity index is 397. The number of alkyl halides is 1. The Kier molecular flexibility index (Phi) is 2.31. The van der Waals surface area contributed by atoms with Gasteiger partial charge in [0, 0.05) is 5.92 Å². The van der Waals surface area contributed by atoms with Crippen LogP contribution in [0.15, 0.2) is 30.3 Å². The van der Waals surface area contributed by atoms with Crippen molar-refractivity contribution < 1.29 is 4.79 Å². The number of hydrogen-bond acceptors (Lipinski definition) is 1. The molecule has 2 rings (SSSR count). The van der Waals surface area contributed by atoms with Gasteiger partial charge in [-0.25, -0.2) is 0 Å². The van der Waals surface area contributed by atoms with Gasteiger partial charge in [-0.1, -0.05) is 59.3 Å². The number of rotatable bonds is 1.